The van der Waals surface area contributed by atoms with Crippen molar-refractivity contribution in [3.8, 4) is 28.0 Å². The van der Waals surface area contributed by atoms with Crippen molar-refractivity contribution in [1.82, 2.24) is 19.8 Å². The molecule has 0 unspecified atom stereocenters. The van der Waals surface area contributed by atoms with Crippen molar-refractivity contribution >= 4 is 38.9 Å². The van der Waals surface area contributed by atoms with Crippen LogP contribution in [0.15, 0.2) is 34.7 Å². The van der Waals surface area contributed by atoms with Crippen LogP contribution in [0.3, 0.4) is 0 Å². The van der Waals surface area contributed by atoms with E-state index in [-0.39, 0.29) is 17.6 Å². The first-order chi connectivity index (χ1) is 16.1. The van der Waals surface area contributed by atoms with E-state index < -0.39 is 15.6 Å². The second-order valence-corrected chi connectivity index (χ2v) is 11.8. The van der Waals surface area contributed by atoms with Gasteiger partial charge in [0.05, 0.1) is 32.7 Å². The average Bonchev–Trinajstić information content (AvgIpc) is 3.43. The average molecular weight is 524 g/mol. The van der Waals surface area contributed by atoms with E-state index in [0.29, 0.717) is 27.3 Å². The molecule has 3 aromatic rings. The van der Waals surface area contributed by atoms with E-state index in [1.807, 2.05) is 24.3 Å². The number of hydrogen-bond donors (Lipinski definition) is 2. The maximum absolute atomic E-state index is 12.5. The van der Waals surface area contributed by atoms with Crippen molar-refractivity contribution in [3.05, 3.63) is 40.2 Å². The fourth-order valence-corrected chi connectivity index (χ4v) is 6.75. The van der Waals surface area contributed by atoms with Crippen molar-refractivity contribution in [3.63, 3.8) is 0 Å². The molecule has 1 aliphatic heterocycles. The third-order valence-corrected chi connectivity index (χ3v) is 9.30. The van der Waals surface area contributed by atoms with Gasteiger partial charge in [-0.1, -0.05) is 31.4 Å². The summed E-state index contributed by atoms with van der Waals surface area (Å²) in [4.78, 5) is 1.19. The zero-order chi connectivity index (χ0) is 24.5. The highest BCUT2D eigenvalue weighted by atomic mass is 35.5. The molecule has 12 heteroatoms. The molecule has 2 aromatic heterocycles. The van der Waals surface area contributed by atoms with Crippen LogP contribution in [0.2, 0.25) is 5.02 Å². The number of sulfonamides is 1. The Kier molecular flexibility index (Phi) is 6.88. The minimum atomic E-state index is -3.65. The molecule has 3 heterocycles. The Morgan fingerprint density at radius 1 is 1.26 bits per heavy atom. The summed E-state index contributed by atoms with van der Waals surface area (Å²) in [5.41, 5.74) is -0.302. The Balaban J connectivity index is 1.53. The molecule has 0 amide bonds. The smallest absolute Gasteiger partial charge is 0.258 e. The lowest BCUT2D eigenvalue weighted by atomic mass is 10.0. The molecule has 4 rings (SSSR count). The molecule has 0 bridgehead atoms. The molecule has 1 atom stereocenters. The summed E-state index contributed by atoms with van der Waals surface area (Å²) in [5.74, 6) is 0.973. The Morgan fingerprint density at radius 3 is 2.65 bits per heavy atom. The van der Waals surface area contributed by atoms with Gasteiger partial charge in [-0.3, -0.25) is 5.41 Å². The molecule has 1 aliphatic rings. The van der Waals surface area contributed by atoms with Gasteiger partial charge in [-0.05, 0) is 43.7 Å². The van der Waals surface area contributed by atoms with Crippen LogP contribution < -0.4 is 10.1 Å². The summed E-state index contributed by atoms with van der Waals surface area (Å²) in [6.45, 7) is 4.55. The van der Waals surface area contributed by atoms with Gasteiger partial charge in [0.1, 0.15) is 5.75 Å². The third kappa shape index (κ3) is 4.91. The van der Waals surface area contributed by atoms with Crippen molar-refractivity contribution in [1.29, 1.82) is 5.41 Å². The van der Waals surface area contributed by atoms with Crippen molar-refractivity contribution < 1.29 is 17.6 Å². The third-order valence-electron chi connectivity index (χ3n) is 5.54. The van der Waals surface area contributed by atoms with Crippen LogP contribution in [0.5, 0.6) is 5.75 Å². The lowest BCUT2D eigenvalue weighted by molar-refractivity contribution is 0.306. The monoisotopic (exact) mass is 523 g/mol. The quantitative estimate of drug-likeness (QED) is 0.410. The molecule has 0 saturated carbocycles. The van der Waals surface area contributed by atoms with E-state index in [1.54, 1.807) is 13.0 Å². The minimum Gasteiger partial charge on any atom is -0.494 e. The summed E-state index contributed by atoms with van der Waals surface area (Å²) in [5, 5.41) is 19.6. The lowest BCUT2D eigenvalue weighted by Gasteiger charge is -2.39. The number of thiophene rings is 1. The SMILES string of the molecule is CCCCCOc1ccc(-c2nnc(-c3cc(Cl)c([C@]4(C)CS(=O)(=O)N(C)C(=N)N4)s3)o2)cc1. The number of nitrogens with one attached hydrogen (secondary N) is 2. The van der Waals surface area contributed by atoms with Gasteiger partial charge in [-0.25, -0.2) is 12.7 Å². The molecular weight excluding hydrogens is 498 g/mol. The van der Waals surface area contributed by atoms with Crippen LogP contribution in [-0.4, -0.2) is 48.3 Å². The number of ether oxygens (including phenoxy) is 1. The second-order valence-electron chi connectivity index (χ2n) is 8.31. The summed E-state index contributed by atoms with van der Waals surface area (Å²) >= 11 is 7.74. The van der Waals surface area contributed by atoms with E-state index in [0.717, 1.165) is 34.9 Å². The maximum atomic E-state index is 12.5. The molecule has 182 valence electrons. The van der Waals surface area contributed by atoms with E-state index in [2.05, 4.69) is 22.4 Å². The number of halogens is 1. The van der Waals surface area contributed by atoms with Gasteiger partial charge in [0.25, 0.3) is 5.89 Å². The largest absolute Gasteiger partial charge is 0.494 e. The summed E-state index contributed by atoms with van der Waals surface area (Å²) < 4.78 is 37.5. The van der Waals surface area contributed by atoms with Crippen LogP contribution >= 0.6 is 22.9 Å². The van der Waals surface area contributed by atoms with Crippen LogP contribution in [0.25, 0.3) is 22.2 Å². The molecule has 0 spiro atoms. The van der Waals surface area contributed by atoms with E-state index in [9.17, 15) is 8.42 Å². The van der Waals surface area contributed by atoms with Crippen molar-refractivity contribution in [2.24, 2.45) is 0 Å². The van der Waals surface area contributed by atoms with Crippen LogP contribution in [0.4, 0.5) is 0 Å². The van der Waals surface area contributed by atoms with Crippen LogP contribution in [0.1, 0.15) is 38.0 Å². The number of hydrogen-bond acceptors (Lipinski definition) is 8. The normalized spacial score (nSPS) is 19.8. The Labute approximate surface area is 207 Å². The fraction of sp³-hybridized carbons (Fsp3) is 0.409. The highest BCUT2D eigenvalue weighted by Gasteiger charge is 2.44. The first-order valence-corrected chi connectivity index (χ1v) is 13.6. The number of nitrogens with zero attached hydrogens (tertiary/aromatic N) is 3. The predicted molar refractivity (Wildman–Crippen MR) is 133 cm³/mol. The summed E-state index contributed by atoms with van der Waals surface area (Å²) in [7, 11) is -2.31. The molecule has 1 fully saturated rings. The van der Waals surface area contributed by atoms with E-state index in [4.69, 9.17) is 26.2 Å². The summed E-state index contributed by atoms with van der Waals surface area (Å²) in [6.07, 6.45) is 3.31. The number of aromatic nitrogens is 2. The Hall–Kier alpha value is -2.63. The second kappa shape index (κ2) is 9.55. The maximum Gasteiger partial charge on any atom is 0.258 e. The van der Waals surface area contributed by atoms with Crippen molar-refractivity contribution in [2.45, 2.75) is 38.6 Å². The Bertz CT molecular complexity index is 1290. The molecule has 0 radical (unpaired) electrons. The standard InChI is InChI=1S/C22H26ClN5O4S2/c1-4-5-6-11-31-15-9-7-14(8-10-15)19-26-27-20(32-19)17-12-16(23)18(33-17)22(2)13-34(29,30)28(3)21(24)25-22/h7-10,12H,4-6,11,13H2,1-3H3,(H2,24,25)/t22-/m0/s1. The zero-order valence-electron chi connectivity index (χ0n) is 19.1. The molecule has 1 aromatic carbocycles. The van der Waals surface area contributed by atoms with Crippen LogP contribution in [-0.2, 0) is 15.6 Å². The van der Waals surface area contributed by atoms with Gasteiger partial charge < -0.3 is 14.5 Å². The lowest BCUT2D eigenvalue weighted by Crippen LogP contribution is -2.60. The zero-order valence-corrected chi connectivity index (χ0v) is 21.5. The topological polar surface area (TPSA) is 121 Å². The molecular formula is C22H26ClN5O4S2. The number of unbranched alkanes of at least 4 members (excludes halogenated alkanes) is 2. The number of benzene rings is 1. The molecule has 0 aliphatic carbocycles. The predicted octanol–water partition coefficient (Wildman–Crippen LogP) is 4.70. The van der Waals surface area contributed by atoms with Gasteiger partial charge in [0.15, 0.2) is 0 Å². The highest BCUT2D eigenvalue weighted by Crippen LogP contribution is 2.42. The number of guanidine groups is 1. The molecule has 9 nitrogen and oxygen atoms in total. The fourth-order valence-electron chi connectivity index (χ4n) is 3.62. The van der Waals surface area contributed by atoms with Crippen molar-refractivity contribution in [2.75, 3.05) is 19.4 Å². The van der Waals surface area contributed by atoms with Gasteiger partial charge in [-0.2, -0.15) is 0 Å². The molecule has 2 N–H and O–H groups in total. The van der Waals surface area contributed by atoms with E-state index >= 15 is 0 Å². The van der Waals surface area contributed by atoms with Gasteiger partial charge in [0.2, 0.25) is 21.9 Å². The highest BCUT2D eigenvalue weighted by molar-refractivity contribution is 7.89. The van der Waals surface area contributed by atoms with Gasteiger partial charge >= 0.3 is 0 Å². The van der Waals surface area contributed by atoms with Gasteiger partial charge in [0, 0.05) is 12.6 Å². The first-order valence-electron chi connectivity index (χ1n) is 10.8. The first kappa shape index (κ1) is 24.5. The molecule has 1 saturated heterocycles. The Morgan fingerprint density at radius 2 is 1.97 bits per heavy atom. The van der Waals surface area contributed by atoms with E-state index in [1.165, 1.54) is 18.4 Å². The van der Waals surface area contributed by atoms with Gasteiger partial charge in [-0.15, -0.1) is 21.5 Å². The number of rotatable bonds is 8. The molecule has 34 heavy (non-hydrogen) atoms. The van der Waals surface area contributed by atoms with Crippen LogP contribution in [0, 0.1) is 5.41 Å². The summed E-state index contributed by atoms with van der Waals surface area (Å²) in [6, 6.07) is 9.13. The minimum absolute atomic E-state index is 0.211.